The third-order valence-electron chi connectivity index (χ3n) is 7.29. The summed E-state index contributed by atoms with van der Waals surface area (Å²) in [4.78, 5) is 29.1. The Balaban J connectivity index is 1.28. The number of carboxylic acid groups (broad SMARTS) is 1. The first-order chi connectivity index (χ1) is 19.8. The van der Waals surface area contributed by atoms with E-state index in [0.717, 1.165) is 27.8 Å². The van der Waals surface area contributed by atoms with Crippen LogP contribution in [0.1, 0.15) is 26.3 Å². The third-order valence-corrected chi connectivity index (χ3v) is 7.89. The summed E-state index contributed by atoms with van der Waals surface area (Å²) in [5.41, 5.74) is 5.15. The van der Waals surface area contributed by atoms with Gasteiger partial charge in [0.25, 0.3) is 5.91 Å². The minimum atomic E-state index is -0.982. The molecule has 0 bridgehead atoms. The van der Waals surface area contributed by atoms with Crippen LogP contribution in [0.25, 0.3) is 22.3 Å². The molecule has 1 fully saturated rings. The van der Waals surface area contributed by atoms with E-state index in [1.807, 2.05) is 42.4 Å². The zero-order valence-corrected chi connectivity index (χ0v) is 23.7. The number of nitrogens with zero attached hydrogens (tertiary/aromatic N) is 4. The molecule has 0 radical (unpaired) electrons. The van der Waals surface area contributed by atoms with Gasteiger partial charge in [-0.25, -0.2) is 4.79 Å². The van der Waals surface area contributed by atoms with Crippen molar-refractivity contribution < 1.29 is 24.2 Å². The van der Waals surface area contributed by atoms with Gasteiger partial charge in [-0.05, 0) is 35.4 Å². The first-order valence-corrected chi connectivity index (χ1v) is 13.8. The van der Waals surface area contributed by atoms with Gasteiger partial charge in [0, 0.05) is 43.0 Å². The fourth-order valence-corrected chi connectivity index (χ4v) is 5.90. The Hall–Kier alpha value is -4.05. The van der Waals surface area contributed by atoms with E-state index >= 15 is 0 Å². The molecule has 0 unspecified atom stereocenters. The quantitative estimate of drug-likeness (QED) is 0.322. The zero-order chi connectivity index (χ0) is 28.7. The monoisotopic (exact) mass is 592 g/mol. The van der Waals surface area contributed by atoms with Crippen molar-refractivity contribution in [2.45, 2.75) is 6.54 Å². The molecular formula is C30H26Cl2N4O5. The number of benzene rings is 3. The predicted octanol–water partition coefficient (Wildman–Crippen LogP) is 5.59. The highest BCUT2D eigenvalue weighted by atomic mass is 35.5. The highest BCUT2D eigenvalue weighted by Crippen LogP contribution is 2.40. The Bertz CT molecular complexity index is 1640. The molecule has 1 N–H and O–H groups in total. The largest absolute Gasteiger partial charge is 0.478 e. The maximum atomic E-state index is 13.6. The molecular weight excluding hydrogens is 567 g/mol. The number of hydrogen-bond donors (Lipinski definition) is 1. The summed E-state index contributed by atoms with van der Waals surface area (Å²) < 4.78 is 13.3. The van der Waals surface area contributed by atoms with Crippen LogP contribution in [0.4, 0.5) is 5.69 Å². The SMILES string of the molecule is Cn1cc(-c2cc(Cl)c(C(=O)N3COc4c(cccc4-c4ccc(C(=O)O)c(N5CCOCC5)c4)C3)c(Cl)c2)cn1. The van der Waals surface area contributed by atoms with Gasteiger partial charge in [-0.3, -0.25) is 9.48 Å². The molecule has 9 nitrogen and oxygen atoms in total. The minimum Gasteiger partial charge on any atom is -0.478 e. The number of morpholine rings is 1. The Labute approximate surface area is 246 Å². The van der Waals surface area contributed by atoms with E-state index in [4.69, 9.17) is 32.7 Å². The summed E-state index contributed by atoms with van der Waals surface area (Å²) in [7, 11) is 1.82. The molecule has 1 amide bonds. The number of aromatic nitrogens is 2. The van der Waals surface area contributed by atoms with Crippen molar-refractivity contribution in [2.75, 3.05) is 37.9 Å². The normalized spacial score (nSPS) is 14.9. The molecule has 11 heteroatoms. The summed E-state index contributed by atoms with van der Waals surface area (Å²) in [5.74, 6) is -0.671. The molecule has 0 atom stereocenters. The van der Waals surface area contributed by atoms with E-state index in [2.05, 4.69) is 5.10 Å². The molecule has 0 spiro atoms. The van der Waals surface area contributed by atoms with E-state index in [1.54, 1.807) is 40.0 Å². The number of para-hydroxylation sites is 1. The molecule has 41 heavy (non-hydrogen) atoms. The van der Waals surface area contributed by atoms with Gasteiger partial charge in [-0.2, -0.15) is 5.10 Å². The Kier molecular flexibility index (Phi) is 7.33. The first kappa shape index (κ1) is 27.1. The Morgan fingerprint density at radius 3 is 2.41 bits per heavy atom. The van der Waals surface area contributed by atoms with Gasteiger partial charge >= 0.3 is 5.97 Å². The number of amides is 1. The van der Waals surface area contributed by atoms with Crippen molar-refractivity contribution in [1.29, 1.82) is 0 Å². The summed E-state index contributed by atoms with van der Waals surface area (Å²) in [5, 5.41) is 14.5. The second kappa shape index (κ2) is 11.1. The maximum absolute atomic E-state index is 13.6. The predicted molar refractivity (Wildman–Crippen MR) is 156 cm³/mol. The molecule has 6 rings (SSSR count). The second-order valence-corrected chi connectivity index (χ2v) is 10.7. The number of carbonyl (C=O) groups excluding carboxylic acids is 1. The van der Waals surface area contributed by atoms with E-state index in [-0.39, 0.29) is 33.8 Å². The molecule has 3 aromatic carbocycles. The number of carboxylic acids is 1. The van der Waals surface area contributed by atoms with Crippen molar-refractivity contribution in [2.24, 2.45) is 7.05 Å². The van der Waals surface area contributed by atoms with Crippen LogP contribution in [-0.4, -0.2) is 64.7 Å². The molecule has 1 saturated heterocycles. The Morgan fingerprint density at radius 1 is 0.976 bits per heavy atom. The van der Waals surface area contributed by atoms with Gasteiger partial charge in [0.2, 0.25) is 0 Å². The van der Waals surface area contributed by atoms with Crippen molar-refractivity contribution in [3.05, 3.63) is 87.7 Å². The standard InChI is InChI=1S/C30H26Cl2N4O5/c1-34-15-21(14-33-34)20-11-24(31)27(25(32)12-20)29(37)36-16-19-3-2-4-22(28(19)41-17-36)18-5-6-23(30(38)39)26(13-18)35-7-9-40-10-8-35/h2-6,11-15H,7-10,16-17H2,1H3,(H,38,39). The molecule has 2 aliphatic rings. The van der Waals surface area contributed by atoms with Crippen LogP contribution in [0.5, 0.6) is 5.75 Å². The van der Waals surface area contributed by atoms with Gasteiger partial charge in [-0.15, -0.1) is 0 Å². The minimum absolute atomic E-state index is 0.00336. The van der Waals surface area contributed by atoms with Crippen LogP contribution in [0, 0.1) is 0 Å². The number of hydrogen-bond acceptors (Lipinski definition) is 6. The van der Waals surface area contributed by atoms with Crippen molar-refractivity contribution in [3.8, 4) is 28.0 Å². The second-order valence-electron chi connectivity index (χ2n) is 9.92. The van der Waals surface area contributed by atoms with Gasteiger partial charge in [0.1, 0.15) is 5.75 Å². The van der Waals surface area contributed by atoms with E-state index in [9.17, 15) is 14.7 Å². The van der Waals surface area contributed by atoms with E-state index in [0.29, 0.717) is 44.3 Å². The van der Waals surface area contributed by atoms with Crippen molar-refractivity contribution >= 4 is 40.8 Å². The average Bonchev–Trinajstić information content (AvgIpc) is 3.42. The van der Waals surface area contributed by atoms with Gasteiger partial charge in [-0.1, -0.05) is 47.5 Å². The van der Waals surface area contributed by atoms with Crippen LogP contribution >= 0.6 is 23.2 Å². The molecule has 0 saturated carbocycles. The lowest BCUT2D eigenvalue weighted by Gasteiger charge is -2.32. The van der Waals surface area contributed by atoms with Gasteiger partial charge in [0.05, 0.1) is 52.8 Å². The zero-order valence-electron chi connectivity index (χ0n) is 22.1. The number of carbonyl (C=O) groups is 2. The number of halogens is 2. The number of fused-ring (bicyclic) bond motifs is 1. The molecule has 210 valence electrons. The fraction of sp³-hybridized carbons (Fsp3) is 0.233. The average molecular weight is 593 g/mol. The van der Waals surface area contributed by atoms with Crippen LogP contribution in [0.3, 0.4) is 0 Å². The number of aromatic carboxylic acids is 1. The van der Waals surface area contributed by atoms with Gasteiger partial charge in [0.15, 0.2) is 6.73 Å². The van der Waals surface area contributed by atoms with Crippen LogP contribution in [0.2, 0.25) is 10.0 Å². The summed E-state index contributed by atoms with van der Waals surface area (Å²) in [6.07, 6.45) is 3.55. The molecule has 3 heterocycles. The molecule has 0 aliphatic carbocycles. The van der Waals surface area contributed by atoms with Crippen LogP contribution < -0.4 is 9.64 Å². The van der Waals surface area contributed by atoms with Crippen molar-refractivity contribution in [3.63, 3.8) is 0 Å². The lowest BCUT2D eigenvalue weighted by atomic mass is 9.97. The van der Waals surface area contributed by atoms with E-state index in [1.165, 1.54) is 0 Å². The lowest BCUT2D eigenvalue weighted by molar-refractivity contribution is 0.0516. The highest BCUT2D eigenvalue weighted by Gasteiger charge is 2.29. The molecule has 2 aliphatic heterocycles. The lowest BCUT2D eigenvalue weighted by Crippen LogP contribution is -2.37. The van der Waals surface area contributed by atoms with Gasteiger partial charge < -0.3 is 24.4 Å². The van der Waals surface area contributed by atoms with Crippen LogP contribution in [0.15, 0.2) is 60.9 Å². The third kappa shape index (κ3) is 5.24. The maximum Gasteiger partial charge on any atom is 0.337 e. The smallest absolute Gasteiger partial charge is 0.337 e. The highest BCUT2D eigenvalue weighted by molar-refractivity contribution is 6.40. The number of aryl methyl sites for hydroxylation is 1. The molecule has 1 aromatic heterocycles. The number of ether oxygens (including phenoxy) is 2. The number of anilines is 1. The summed E-state index contributed by atoms with van der Waals surface area (Å²) in [6, 6.07) is 14.4. The summed E-state index contributed by atoms with van der Waals surface area (Å²) in [6.45, 7) is 2.59. The van der Waals surface area contributed by atoms with Crippen molar-refractivity contribution in [1.82, 2.24) is 14.7 Å². The number of rotatable bonds is 5. The molecule has 4 aromatic rings. The first-order valence-electron chi connectivity index (χ1n) is 13.0. The topological polar surface area (TPSA) is 97.1 Å². The fourth-order valence-electron chi connectivity index (χ4n) is 5.25. The summed E-state index contributed by atoms with van der Waals surface area (Å²) >= 11 is 13.1. The Morgan fingerprint density at radius 2 is 1.73 bits per heavy atom. The van der Waals surface area contributed by atoms with E-state index < -0.39 is 5.97 Å². The van der Waals surface area contributed by atoms with Crippen LogP contribution in [-0.2, 0) is 18.3 Å².